The molecule has 5 nitrogen and oxygen atoms in total. The molecular weight excluding hydrogens is 220 g/mol. The van der Waals surface area contributed by atoms with Gasteiger partial charge in [-0.3, -0.25) is 4.98 Å². The number of carbonyl (C=O) groups excluding carboxylic acids is 1. The Morgan fingerprint density at radius 1 is 1.67 bits per heavy atom. The lowest BCUT2D eigenvalue weighted by molar-refractivity contribution is 0.140. The van der Waals surface area contributed by atoms with Gasteiger partial charge in [-0.15, -0.1) is 0 Å². The van der Waals surface area contributed by atoms with E-state index in [1.54, 1.807) is 0 Å². The molecule has 0 unspecified atom stereocenters. The van der Waals surface area contributed by atoms with Crippen LogP contribution in [0.1, 0.15) is 11.1 Å². The summed E-state index contributed by atoms with van der Waals surface area (Å²) in [7, 11) is 1.46. The highest BCUT2D eigenvalue weighted by molar-refractivity contribution is 6.31. The van der Waals surface area contributed by atoms with E-state index in [0.717, 1.165) is 0 Å². The second-order valence-corrected chi connectivity index (χ2v) is 3.15. The highest BCUT2D eigenvalue weighted by Crippen LogP contribution is 2.19. The van der Waals surface area contributed by atoms with Crippen LogP contribution >= 0.6 is 11.6 Å². The maximum Gasteiger partial charge on any atom is 0.407 e. The standard InChI is InChI=1S/C9H11ClN2O3/c1-11-9(14)15-5-6-2-12-3-8(10)7(6)4-13/h2-3,13H,4-5H2,1H3,(H,11,14). The van der Waals surface area contributed by atoms with E-state index in [1.807, 2.05) is 0 Å². The van der Waals surface area contributed by atoms with Crippen LogP contribution in [-0.4, -0.2) is 23.2 Å². The molecule has 6 heteroatoms. The van der Waals surface area contributed by atoms with E-state index < -0.39 is 6.09 Å². The molecule has 0 aliphatic heterocycles. The Hall–Kier alpha value is -1.33. The lowest BCUT2D eigenvalue weighted by Crippen LogP contribution is -2.19. The van der Waals surface area contributed by atoms with Crippen LogP contribution in [0.4, 0.5) is 4.79 Å². The predicted octanol–water partition coefficient (Wildman–Crippen LogP) is 1.08. The number of nitrogens with one attached hydrogen (secondary N) is 1. The molecule has 15 heavy (non-hydrogen) atoms. The SMILES string of the molecule is CNC(=O)OCc1cncc(Cl)c1CO. The minimum absolute atomic E-state index is 0.0309. The van der Waals surface area contributed by atoms with Gasteiger partial charge in [0.2, 0.25) is 0 Å². The Morgan fingerprint density at radius 3 is 3.00 bits per heavy atom. The molecule has 1 amide bonds. The fraction of sp³-hybridized carbons (Fsp3) is 0.333. The summed E-state index contributed by atoms with van der Waals surface area (Å²) in [6, 6.07) is 0. The maximum atomic E-state index is 10.8. The molecule has 0 fully saturated rings. The van der Waals surface area contributed by atoms with Gasteiger partial charge in [0.25, 0.3) is 0 Å². The molecule has 82 valence electrons. The molecule has 0 atom stereocenters. The van der Waals surface area contributed by atoms with Gasteiger partial charge >= 0.3 is 6.09 Å². The van der Waals surface area contributed by atoms with E-state index in [0.29, 0.717) is 16.1 Å². The Balaban J connectivity index is 2.76. The number of halogens is 1. The van der Waals surface area contributed by atoms with Crippen molar-refractivity contribution < 1.29 is 14.6 Å². The topological polar surface area (TPSA) is 71.5 Å². The first kappa shape index (κ1) is 11.7. The lowest BCUT2D eigenvalue weighted by Gasteiger charge is -2.08. The third-order valence-corrected chi connectivity index (χ3v) is 2.14. The fourth-order valence-electron chi connectivity index (χ4n) is 1.02. The van der Waals surface area contributed by atoms with Gasteiger partial charge in [0.05, 0.1) is 11.6 Å². The molecule has 0 saturated carbocycles. The molecule has 0 aliphatic carbocycles. The van der Waals surface area contributed by atoms with Crippen LogP contribution in [0.3, 0.4) is 0 Å². The van der Waals surface area contributed by atoms with E-state index in [4.69, 9.17) is 21.4 Å². The van der Waals surface area contributed by atoms with Crippen molar-refractivity contribution in [1.82, 2.24) is 10.3 Å². The smallest absolute Gasteiger partial charge is 0.407 e. The van der Waals surface area contributed by atoms with Crippen LogP contribution in [0, 0.1) is 0 Å². The van der Waals surface area contributed by atoms with Gasteiger partial charge in [0, 0.05) is 30.6 Å². The van der Waals surface area contributed by atoms with Crippen LogP contribution in [0.15, 0.2) is 12.4 Å². The minimum atomic E-state index is -0.543. The van der Waals surface area contributed by atoms with Gasteiger partial charge < -0.3 is 15.2 Å². The molecule has 1 heterocycles. The van der Waals surface area contributed by atoms with Crippen LogP contribution in [0.25, 0.3) is 0 Å². The van der Waals surface area contributed by atoms with Crippen molar-refractivity contribution in [2.75, 3.05) is 7.05 Å². The number of carbonyl (C=O) groups is 1. The number of hydrogen-bond acceptors (Lipinski definition) is 4. The zero-order valence-corrected chi connectivity index (χ0v) is 8.91. The monoisotopic (exact) mass is 230 g/mol. The summed E-state index contributed by atoms with van der Waals surface area (Å²) in [5.74, 6) is 0. The number of alkyl carbamates (subject to hydrolysis) is 1. The second kappa shape index (κ2) is 5.53. The van der Waals surface area contributed by atoms with Gasteiger partial charge in [0.15, 0.2) is 0 Å². The first-order valence-corrected chi connectivity index (χ1v) is 4.63. The summed E-state index contributed by atoms with van der Waals surface area (Å²) in [6.45, 7) is -0.184. The van der Waals surface area contributed by atoms with Gasteiger partial charge in [0.1, 0.15) is 6.61 Å². The summed E-state index contributed by atoms with van der Waals surface area (Å²) in [4.78, 5) is 14.7. The molecular formula is C9H11ClN2O3. The maximum absolute atomic E-state index is 10.8. The van der Waals surface area contributed by atoms with E-state index in [1.165, 1.54) is 19.4 Å². The molecule has 1 aromatic heterocycles. The summed E-state index contributed by atoms with van der Waals surface area (Å²) >= 11 is 5.80. The average Bonchev–Trinajstić information content (AvgIpc) is 2.25. The number of aliphatic hydroxyl groups is 1. The van der Waals surface area contributed by atoms with Crippen molar-refractivity contribution in [2.24, 2.45) is 0 Å². The number of amides is 1. The zero-order valence-electron chi connectivity index (χ0n) is 8.16. The first-order chi connectivity index (χ1) is 7.19. The van der Waals surface area contributed by atoms with Gasteiger partial charge in [-0.1, -0.05) is 11.6 Å². The van der Waals surface area contributed by atoms with Crippen molar-refractivity contribution in [3.05, 3.63) is 28.5 Å². The Labute approximate surface area is 92.0 Å². The van der Waals surface area contributed by atoms with Crippen molar-refractivity contribution in [3.8, 4) is 0 Å². The highest BCUT2D eigenvalue weighted by atomic mass is 35.5. The predicted molar refractivity (Wildman–Crippen MR) is 54.4 cm³/mol. The lowest BCUT2D eigenvalue weighted by atomic mass is 10.1. The molecule has 0 aromatic carbocycles. The van der Waals surface area contributed by atoms with Crippen LogP contribution in [-0.2, 0) is 18.0 Å². The van der Waals surface area contributed by atoms with Gasteiger partial charge in [-0.25, -0.2) is 4.79 Å². The van der Waals surface area contributed by atoms with Crippen molar-refractivity contribution in [2.45, 2.75) is 13.2 Å². The third-order valence-electron chi connectivity index (χ3n) is 1.82. The molecule has 0 aliphatic rings. The number of pyridine rings is 1. The number of hydrogen-bond donors (Lipinski definition) is 2. The third kappa shape index (κ3) is 3.07. The Kier molecular flexibility index (Phi) is 4.33. The average molecular weight is 231 g/mol. The van der Waals surface area contributed by atoms with Crippen LogP contribution in [0.2, 0.25) is 5.02 Å². The van der Waals surface area contributed by atoms with Crippen LogP contribution < -0.4 is 5.32 Å². The molecule has 0 spiro atoms. The van der Waals surface area contributed by atoms with E-state index in [9.17, 15) is 4.79 Å². The Bertz CT molecular complexity index is 357. The summed E-state index contributed by atoms with van der Waals surface area (Å²) in [5, 5.41) is 11.7. The van der Waals surface area contributed by atoms with Crippen molar-refractivity contribution in [1.29, 1.82) is 0 Å². The highest BCUT2D eigenvalue weighted by Gasteiger charge is 2.08. The first-order valence-electron chi connectivity index (χ1n) is 4.25. The quantitative estimate of drug-likeness (QED) is 0.815. The fourth-order valence-corrected chi connectivity index (χ4v) is 1.26. The van der Waals surface area contributed by atoms with Crippen molar-refractivity contribution >= 4 is 17.7 Å². The largest absolute Gasteiger partial charge is 0.445 e. The van der Waals surface area contributed by atoms with Crippen molar-refractivity contribution in [3.63, 3.8) is 0 Å². The van der Waals surface area contributed by atoms with E-state index >= 15 is 0 Å². The molecule has 0 radical (unpaired) electrons. The Morgan fingerprint density at radius 2 is 2.40 bits per heavy atom. The van der Waals surface area contributed by atoms with Gasteiger partial charge in [-0.2, -0.15) is 0 Å². The normalized spacial score (nSPS) is 9.80. The van der Waals surface area contributed by atoms with Crippen LogP contribution in [0.5, 0.6) is 0 Å². The number of ether oxygens (including phenoxy) is 1. The molecule has 2 N–H and O–H groups in total. The zero-order chi connectivity index (χ0) is 11.3. The molecule has 1 aromatic rings. The second-order valence-electron chi connectivity index (χ2n) is 2.74. The van der Waals surface area contributed by atoms with Gasteiger partial charge in [-0.05, 0) is 0 Å². The number of nitrogens with zero attached hydrogens (tertiary/aromatic N) is 1. The minimum Gasteiger partial charge on any atom is -0.445 e. The summed E-state index contributed by atoms with van der Waals surface area (Å²) in [5.41, 5.74) is 1.11. The number of aliphatic hydroxyl groups excluding tert-OH is 1. The summed E-state index contributed by atoms with van der Waals surface area (Å²) in [6.07, 6.45) is 2.38. The number of rotatable bonds is 3. The van der Waals surface area contributed by atoms with E-state index in [2.05, 4.69) is 10.3 Å². The molecule has 0 saturated heterocycles. The summed E-state index contributed by atoms with van der Waals surface area (Å²) < 4.78 is 4.81. The molecule has 1 rings (SSSR count). The molecule has 0 bridgehead atoms. The van der Waals surface area contributed by atoms with E-state index in [-0.39, 0.29) is 13.2 Å². The number of aromatic nitrogens is 1.